The molecule has 2 N–H and O–H groups in total. The van der Waals surface area contributed by atoms with Crippen molar-refractivity contribution in [2.24, 2.45) is 0 Å². The van der Waals surface area contributed by atoms with Crippen LogP contribution in [0.1, 0.15) is 61.9 Å². The zero-order valence-corrected chi connectivity index (χ0v) is 22.5. The van der Waals surface area contributed by atoms with E-state index in [9.17, 15) is 10.4 Å². The molecule has 2 atom stereocenters. The quantitative estimate of drug-likeness (QED) is 0.335. The highest BCUT2D eigenvalue weighted by Gasteiger charge is 2.34. The molecular weight excluding hydrogens is 504 g/mol. The molecule has 1 aromatic carbocycles. The molecule has 2 aliphatic rings. The summed E-state index contributed by atoms with van der Waals surface area (Å²) in [6, 6.07) is 17.3. The first-order chi connectivity index (χ1) is 19.5. The highest BCUT2D eigenvalue weighted by Crippen LogP contribution is 2.37. The summed E-state index contributed by atoms with van der Waals surface area (Å²) in [6.07, 6.45) is 8.50. The molecule has 3 aromatic heterocycles. The molecule has 0 bridgehead atoms. The van der Waals surface area contributed by atoms with E-state index in [-0.39, 0.29) is 12.1 Å². The number of hydrogen-bond donors (Lipinski definition) is 2. The summed E-state index contributed by atoms with van der Waals surface area (Å²) in [7, 11) is 1.73. The van der Waals surface area contributed by atoms with E-state index < -0.39 is 5.60 Å². The molecular formula is C30H32N8O2. The molecule has 0 aliphatic heterocycles. The van der Waals surface area contributed by atoms with Gasteiger partial charge in [-0.15, -0.1) is 5.10 Å². The lowest BCUT2D eigenvalue weighted by atomic mass is 9.97. The second-order valence-corrected chi connectivity index (χ2v) is 10.7. The average molecular weight is 537 g/mol. The smallest absolute Gasteiger partial charge is 0.224 e. The van der Waals surface area contributed by atoms with Crippen LogP contribution in [0.15, 0.2) is 54.7 Å². The number of benzene rings is 1. The fourth-order valence-corrected chi connectivity index (χ4v) is 5.78. The zero-order valence-electron chi connectivity index (χ0n) is 22.5. The molecule has 0 radical (unpaired) electrons. The third-order valence-electron chi connectivity index (χ3n) is 7.92. The summed E-state index contributed by atoms with van der Waals surface area (Å²) in [5, 5.41) is 32.6. The molecule has 3 heterocycles. The van der Waals surface area contributed by atoms with Crippen molar-refractivity contribution in [3.8, 4) is 28.7 Å². The van der Waals surface area contributed by atoms with Crippen molar-refractivity contribution in [3.63, 3.8) is 0 Å². The minimum absolute atomic E-state index is 0.101. The fourth-order valence-electron chi connectivity index (χ4n) is 5.78. The molecule has 0 unspecified atom stereocenters. The topological polar surface area (TPSA) is 135 Å². The largest absolute Gasteiger partial charge is 0.384 e. The van der Waals surface area contributed by atoms with Gasteiger partial charge in [0.15, 0.2) is 0 Å². The minimum Gasteiger partial charge on any atom is -0.384 e. The number of anilines is 1. The van der Waals surface area contributed by atoms with E-state index >= 15 is 0 Å². The minimum atomic E-state index is -0.839. The van der Waals surface area contributed by atoms with Crippen LogP contribution in [0.3, 0.4) is 0 Å². The number of pyridine rings is 1. The van der Waals surface area contributed by atoms with E-state index in [0.29, 0.717) is 35.1 Å². The summed E-state index contributed by atoms with van der Waals surface area (Å²) in [5.74, 6) is 0.484. The lowest BCUT2D eigenvalue weighted by Crippen LogP contribution is -2.30. The van der Waals surface area contributed by atoms with Gasteiger partial charge in [0.05, 0.1) is 59.3 Å². The van der Waals surface area contributed by atoms with E-state index in [2.05, 4.69) is 21.7 Å². The maximum atomic E-state index is 11.0. The Morgan fingerprint density at radius 2 is 1.85 bits per heavy atom. The molecule has 0 saturated heterocycles. The Morgan fingerprint density at radius 3 is 2.67 bits per heavy atom. The molecule has 40 heavy (non-hydrogen) atoms. The number of aliphatic hydroxyl groups is 1. The van der Waals surface area contributed by atoms with Gasteiger partial charge in [0.25, 0.3) is 0 Å². The molecule has 10 nitrogen and oxygen atoms in total. The first-order valence-corrected chi connectivity index (χ1v) is 13.8. The molecule has 0 amide bonds. The monoisotopic (exact) mass is 536 g/mol. The fraction of sp³-hybridized carbons (Fsp3) is 0.400. The summed E-state index contributed by atoms with van der Waals surface area (Å²) in [6.45, 7) is 0.418. The van der Waals surface area contributed by atoms with Crippen molar-refractivity contribution in [3.05, 3.63) is 71.7 Å². The highest BCUT2D eigenvalue weighted by atomic mass is 16.5. The van der Waals surface area contributed by atoms with Crippen molar-refractivity contribution in [2.75, 3.05) is 12.4 Å². The van der Waals surface area contributed by atoms with Crippen LogP contribution >= 0.6 is 0 Å². The van der Waals surface area contributed by atoms with Crippen LogP contribution in [0.5, 0.6) is 0 Å². The van der Waals surface area contributed by atoms with Gasteiger partial charge in [-0.1, -0.05) is 36.3 Å². The Hall–Kier alpha value is -4.20. The third-order valence-corrected chi connectivity index (χ3v) is 7.92. The number of aromatic nitrogens is 6. The van der Waals surface area contributed by atoms with E-state index in [0.717, 1.165) is 61.9 Å². The van der Waals surface area contributed by atoms with E-state index in [1.54, 1.807) is 17.9 Å². The normalized spacial score (nSPS) is 19.9. The van der Waals surface area contributed by atoms with E-state index in [1.165, 1.54) is 0 Å². The lowest BCUT2D eigenvalue weighted by Gasteiger charge is -2.21. The Bertz CT molecular complexity index is 1540. The van der Waals surface area contributed by atoms with Gasteiger partial charge in [0.2, 0.25) is 5.95 Å². The summed E-state index contributed by atoms with van der Waals surface area (Å²) in [5.41, 5.74) is 3.97. The van der Waals surface area contributed by atoms with Crippen molar-refractivity contribution >= 4 is 5.95 Å². The second-order valence-electron chi connectivity index (χ2n) is 10.7. The van der Waals surface area contributed by atoms with Gasteiger partial charge >= 0.3 is 0 Å². The average Bonchev–Trinajstić information content (AvgIpc) is 3.75. The summed E-state index contributed by atoms with van der Waals surface area (Å²) >= 11 is 0. The van der Waals surface area contributed by atoms with Crippen molar-refractivity contribution in [2.45, 2.75) is 69.2 Å². The maximum Gasteiger partial charge on any atom is 0.224 e. The van der Waals surface area contributed by atoms with Crippen LogP contribution in [-0.4, -0.2) is 54.3 Å². The van der Waals surface area contributed by atoms with Gasteiger partial charge in [-0.3, -0.25) is 4.98 Å². The molecule has 2 aliphatic carbocycles. The first kappa shape index (κ1) is 26.0. The zero-order chi connectivity index (χ0) is 27.5. The van der Waals surface area contributed by atoms with Crippen LogP contribution in [-0.2, 0) is 16.9 Å². The molecule has 204 valence electrons. The van der Waals surface area contributed by atoms with Gasteiger partial charge in [-0.05, 0) is 62.4 Å². The second kappa shape index (κ2) is 11.1. The number of ether oxygens (including phenoxy) is 1. The number of nitrogens with one attached hydrogen (secondary N) is 1. The van der Waals surface area contributed by atoms with Gasteiger partial charge in [0.1, 0.15) is 11.3 Å². The lowest BCUT2D eigenvalue weighted by molar-refractivity contribution is 0.0397. The predicted octanol–water partition coefficient (Wildman–Crippen LogP) is 4.46. The van der Waals surface area contributed by atoms with E-state index in [4.69, 9.17) is 19.7 Å². The SMILES string of the molecule is CO[C@@H]1CCC[C@H]1Nc1nc(-c2cccc(C#N)c2)cc(-c2cn(Cc3cccc(C4(O)CCCC4)n3)nn2)n1. The Balaban J connectivity index is 1.30. The van der Waals surface area contributed by atoms with Crippen LogP contribution in [0.4, 0.5) is 5.95 Å². The molecule has 2 fully saturated rings. The molecule has 4 aromatic rings. The van der Waals surface area contributed by atoms with Crippen LogP contribution in [0, 0.1) is 11.3 Å². The van der Waals surface area contributed by atoms with Gasteiger partial charge in [-0.25, -0.2) is 14.6 Å². The third kappa shape index (κ3) is 5.43. The molecule has 10 heteroatoms. The Morgan fingerprint density at radius 1 is 1.02 bits per heavy atom. The number of rotatable bonds is 8. The predicted molar refractivity (Wildman–Crippen MR) is 149 cm³/mol. The van der Waals surface area contributed by atoms with Crippen molar-refractivity contribution < 1.29 is 9.84 Å². The van der Waals surface area contributed by atoms with E-state index in [1.807, 2.05) is 48.7 Å². The van der Waals surface area contributed by atoms with Crippen molar-refractivity contribution in [1.82, 2.24) is 29.9 Å². The molecule has 0 spiro atoms. The summed E-state index contributed by atoms with van der Waals surface area (Å²) in [4.78, 5) is 14.3. The molecule has 6 rings (SSSR count). The van der Waals surface area contributed by atoms with Gasteiger partial charge in [-0.2, -0.15) is 5.26 Å². The van der Waals surface area contributed by atoms with Crippen LogP contribution < -0.4 is 5.32 Å². The van der Waals surface area contributed by atoms with Crippen LogP contribution in [0.2, 0.25) is 0 Å². The number of nitrogens with zero attached hydrogens (tertiary/aromatic N) is 7. The standard InChI is InChI=1S/C30H32N8O2/c1-40-27-11-6-10-23(27)33-29-34-24(21-8-4-7-20(15-21)17-31)16-25(35-29)26-19-38(37-36-26)18-22-9-5-12-28(32-22)30(39)13-2-3-14-30/h4-5,7-9,12,15-16,19,23,27,39H,2-3,6,10-11,13-14,18H2,1H3,(H,33,34,35)/t23-,27-/m1/s1. The van der Waals surface area contributed by atoms with Gasteiger partial charge in [0, 0.05) is 12.7 Å². The van der Waals surface area contributed by atoms with Gasteiger partial charge < -0.3 is 15.2 Å². The first-order valence-electron chi connectivity index (χ1n) is 13.8. The van der Waals surface area contributed by atoms with Crippen LogP contribution in [0.25, 0.3) is 22.6 Å². The number of hydrogen-bond acceptors (Lipinski definition) is 9. The Kier molecular flexibility index (Phi) is 7.24. The summed E-state index contributed by atoms with van der Waals surface area (Å²) < 4.78 is 7.39. The maximum absolute atomic E-state index is 11.0. The Labute approximate surface area is 233 Å². The molecule has 2 saturated carbocycles. The number of nitriles is 1. The highest BCUT2D eigenvalue weighted by molar-refractivity contribution is 5.68. The van der Waals surface area contributed by atoms with Crippen molar-refractivity contribution in [1.29, 1.82) is 5.26 Å². The number of methoxy groups -OCH3 is 1.